The molecule has 0 aromatic heterocycles. The van der Waals surface area contributed by atoms with Gasteiger partial charge in [0.2, 0.25) is 0 Å². The van der Waals surface area contributed by atoms with Gasteiger partial charge in [0.15, 0.2) is 0 Å². The van der Waals surface area contributed by atoms with E-state index in [1.165, 1.54) is 36.4 Å². The zero-order valence-corrected chi connectivity index (χ0v) is 17.2. The van der Waals surface area contributed by atoms with Gasteiger partial charge < -0.3 is 19.9 Å². The molecule has 158 valence electrons. The fourth-order valence-corrected chi connectivity index (χ4v) is 2.49. The van der Waals surface area contributed by atoms with Crippen LogP contribution in [0.3, 0.4) is 0 Å². The molecule has 0 aliphatic rings. The van der Waals surface area contributed by atoms with Gasteiger partial charge >= 0.3 is 12.2 Å². The standard InChI is InChI=1S/C18H16Cl2N4O6/c1-29-17(27)21-9-24(23-18(28)30-2)11-4-5-14(13(20)8-11)22-16(26)12-7-10(19)3-6-15(12)25/h3-9,25H,1-2H3,(H,22,26)(H,23,28)/b21-9+. The van der Waals surface area contributed by atoms with Gasteiger partial charge in [0.05, 0.1) is 36.2 Å². The topological polar surface area (TPSA) is 130 Å². The monoisotopic (exact) mass is 454 g/mol. The molecule has 2 aromatic rings. The number of hydrogen-bond acceptors (Lipinski definition) is 6. The Kier molecular flexibility index (Phi) is 7.84. The Bertz CT molecular complexity index is 999. The summed E-state index contributed by atoms with van der Waals surface area (Å²) in [6.07, 6.45) is -0.754. The van der Waals surface area contributed by atoms with Gasteiger partial charge in [-0.25, -0.2) is 20.0 Å². The number of hydrogen-bond donors (Lipinski definition) is 3. The first-order valence-corrected chi connectivity index (χ1v) is 8.86. The average Bonchev–Trinajstić information content (AvgIpc) is 2.73. The maximum atomic E-state index is 12.4. The summed E-state index contributed by atoms with van der Waals surface area (Å²) in [5.74, 6) is -0.890. The van der Waals surface area contributed by atoms with Gasteiger partial charge in [-0.1, -0.05) is 23.2 Å². The number of amides is 3. The van der Waals surface area contributed by atoms with Gasteiger partial charge in [-0.3, -0.25) is 4.79 Å². The normalized spacial score (nSPS) is 10.4. The average molecular weight is 455 g/mol. The third-order valence-electron chi connectivity index (χ3n) is 3.53. The zero-order chi connectivity index (χ0) is 22.3. The summed E-state index contributed by atoms with van der Waals surface area (Å²) in [5.41, 5.74) is 2.77. The Labute approximate surface area is 181 Å². The highest BCUT2D eigenvalue weighted by Crippen LogP contribution is 2.29. The largest absolute Gasteiger partial charge is 0.507 e. The number of aliphatic imine (C=N–C) groups is 1. The van der Waals surface area contributed by atoms with Crippen LogP contribution >= 0.6 is 23.2 Å². The van der Waals surface area contributed by atoms with Crippen molar-refractivity contribution in [2.75, 3.05) is 24.5 Å². The van der Waals surface area contributed by atoms with Gasteiger partial charge in [0, 0.05) is 5.02 Å². The second-order valence-electron chi connectivity index (χ2n) is 5.47. The molecule has 0 fully saturated rings. The number of rotatable bonds is 5. The summed E-state index contributed by atoms with van der Waals surface area (Å²) in [6.45, 7) is 0. The smallest absolute Gasteiger partial charge is 0.434 e. The van der Waals surface area contributed by atoms with Crippen LogP contribution in [0.2, 0.25) is 10.0 Å². The van der Waals surface area contributed by atoms with Gasteiger partial charge in [-0.05, 0) is 36.4 Å². The van der Waals surface area contributed by atoms with Crippen LogP contribution in [0.25, 0.3) is 0 Å². The van der Waals surface area contributed by atoms with Gasteiger partial charge in [0.25, 0.3) is 5.91 Å². The first-order valence-electron chi connectivity index (χ1n) is 8.10. The van der Waals surface area contributed by atoms with Crippen molar-refractivity contribution in [1.82, 2.24) is 5.43 Å². The van der Waals surface area contributed by atoms with Crippen molar-refractivity contribution in [2.45, 2.75) is 0 Å². The predicted molar refractivity (Wildman–Crippen MR) is 111 cm³/mol. The van der Waals surface area contributed by atoms with Gasteiger partial charge in [-0.15, -0.1) is 0 Å². The van der Waals surface area contributed by atoms with Crippen molar-refractivity contribution in [3.8, 4) is 5.75 Å². The van der Waals surface area contributed by atoms with Crippen molar-refractivity contribution < 1.29 is 29.0 Å². The van der Waals surface area contributed by atoms with Crippen LogP contribution in [0.4, 0.5) is 21.0 Å². The number of carbonyl (C=O) groups excluding carboxylic acids is 3. The lowest BCUT2D eigenvalue weighted by molar-refractivity contribution is 0.102. The number of halogens is 2. The minimum absolute atomic E-state index is 0.0400. The number of anilines is 2. The molecule has 0 bridgehead atoms. The van der Waals surface area contributed by atoms with E-state index in [4.69, 9.17) is 23.2 Å². The summed E-state index contributed by atoms with van der Waals surface area (Å²) >= 11 is 12.1. The molecule has 3 N–H and O–H groups in total. The number of aromatic hydroxyl groups is 1. The molecule has 30 heavy (non-hydrogen) atoms. The lowest BCUT2D eigenvalue weighted by Gasteiger charge is -2.20. The number of ether oxygens (including phenoxy) is 2. The second-order valence-corrected chi connectivity index (χ2v) is 6.31. The molecule has 0 atom stereocenters. The van der Waals surface area contributed by atoms with Crippen LogP contribution < -0.4 is 15.8 Å². The van der Waals surface area contributed by atoms with Crippen LogP contribution in [-0.4, -0.2) is 43.8 Å². The maximum absolute atomic E-state index is 12.4. The van der Waals surface area contributed by atoms with E-state index >= 15 is 0 Å². The van der Waals surface area contributed by atoms with Crippen molar-refractivity contribution in [3.63, 3.8) is 0 Å². The molecule has 0 radical (unpaired) electrons. The summed E-state index contributed by atoms with van der Waals surface area (Å²) in [6, 6.07) is 8.33. The highest BCUT2D eigenvalue weighted by Gasteiger charge is 2.16. The molecule has 10 nitrogen and oxygen atoms in total. The Morgan fingerprint density at radius 2 is 1.83 bits per heavy atom. The third kappa shape index (κ3) is 6.00. The number of nitrogens with one attached hydrogen (secondary N) is 2. The summed E-state index contributed by atoms with van der Waals surface area (Å²) in [7, 11) is 2.30. The van der Waals surface area contributed by atoms with Crippen LogP contribution in [0.15, 0.2) is 41.4 Å². The molecular formula is C18H16Cl2N4O6. The number of methoxy groups -OCH3 is 2. The molecule has 12 heteroatoms. The number of phenols is 1. The van der Waals surface area contributed by atoms with E-state index in [9.17, 15) is 19.5 Å². The number of hydrazine groups is 1. The molecule has 3 amide bonds. The number of benzene rings is 2. The van der Waals surface area contributed by atoms with E-state index in [0.29, 0.717) is 0 Å². The van der Waals surface area contributed by atoms with E-state index in [1.807, 2.05) is 0 Å². The van der Waals surface area contributed by atoms with Crippen molar-refractivity contribution in [3.05, 3.63) is 52.0 Å². The first kappa shape index (κ1) is 22.8. The third-order valence-corrected chi connectivity index (χ3v) is 4.08. The highest BCUT2D eigenvalue weighted by atomic mass is 35.5. The SMILES string of the molecule is COC(=O)/N=C/N(NC(=O)OC)c1ccc(NC(=O)c2cc(Cl)ccc2O)c(Cl)c1. The number of carbonyl (C=O) groups is 3. The van der Waals surface area contributed by atoms with Gasteiger partial charge in [-0.2, -0.15) is 4.99 Å². The lowest BCUT2D eigenvalue weighted by Crippen LogP contribution is -2.41. The van der Waals surface area contributed by atoms with Crippen LogP contribution in [-0.2, 0) is 9.47 Å². The van der Waals surface area contributed by atoms with E-state index in [0.717, 1.165) is 25.6 Å². The van der Waals surface area contributed by atoms with Crippen LogP contribution in [0, 0.1) is 0 Å². The summed E-state index contributed by atoms with van der Waals surface area (Å²) in [4.78, 5) is 38.7. The minimum atomic E-state index is -0.900. The van der Waals surface area contributed by atoms with E-state index < -0.39 is 18.1 Å². The van der Waals surface area contributed by atoms with E-state index in [1.54, 1.807) is 0 Å². The van der Waals surface area contributed by atoms with Crippen molar-refractivity contribution in [2.24, 2.45) is 4.99 Å². The first-order chi connectivity index (χ1) is 14.2. The Morgan fingerprint density at radius 1 is 1.10 bits per heavy atom. The van der Waals surface area contributed by atoms with Crippen molar-refractivity contribution >= 4 is 59.0 Å². The molecule has 0 saturated carbocycles. The minimum Gasteiger partial charge on any atom is -0.507 e. The summed E-state index contributed by atoms with van der Waals surface area (Å²) in [5, 5.41) is 13.8. The number of phenolic OH excluding ortho intramolecular Hbond substituents is 1. The molecule has 0 unspecified atom stereocenters. The predicted octanol–water partition coefficient (Wildman–Crippen LogP) is 3.82. The lowest BCUT2D eigenvalue weighted by atomic mass is 10.2. The number of nitrogens with zero attached hydrogens (tertiary/aromatic N) is 2. The molecule has 0 aliphatic carbocycles. The molecular weight excluding hydrogens is 439 g/mol. The van der Waals surface area contributed by atoms with Crippen LogP contribution in [0.5, 0.6) is 5.75 Å². The molecule has 0 saturated heterocycles. The molecule has 2 rings (SSSR count). The van der Waals surface area contributed by atoms with Crippen molar-refractivity contribution in [1.29, 1.82) is 0 Å². The molecule has 0 spiro atoms. The highest BCUT2D eigenvalue weighted by molar-refractivity contribution is 6.34. The Balaban J connectivity index is 2.27. The maximum Gasteiger partial charge on any atom is 0.434 e. The second kappa shape index (κ2) is 10.3. The fraction of sp³-hybridized carbons (Fsp3) is 0.111. The Morgan fingerprint density at radius 3 is 2.47 bits per heavy atom. The summed E-state index contributed by atoms with van der Waals surface area (Å²) < 4.78 is 8.92. The fourth-order valence-electron chi connectivity index (χ4n) is 2.10. The van der Waals surface area contributed by atoms with Crippen LogP contribution in [0.1, 0.15) is 10.4 Å². The van der Waals surface area contributed by atoms with Gasteiger partial charge in [0.1, 0.15) is 12.1 Å². The zero-order valence-electron chi connectivity index (χ0n) is 15.7. The quantitative estimate of drug-likeness (QED) is 0.355. The van der Waals surface area contributed by atoms with E-state index in [-0.39, 0.29) is 32.7 Å². The molecule has 2 aromatic carbocycles. The van der Waals surface area contributed by atoms with E-state index in [2.05, 4.69) is 25.2 Å². The Hall–Kier alpha value is -3.50. The molecule has 0 aliphatic heterocycles. The molecule has 0 heterocycles.